The molecule has 0 fully saturated rings. The molecule has 2 aliphatic rings. The van der Waals surface area contributed by atoms with Crippen molar-refractivity contribution in [3.8, 4) is 11.3 Å². The predicted octanol–water partition coefficient (Wildman–Crippen LogP) is 6.20. The molecule has 0 amide bonds. The topological polar surface area (TPSA) is 118 Å². The van der Waals surface area contributed by atoms with Crippen LogP contribution >= 0.6 is 11.3 Å². The van der Waals surface area contributed by atoms with E-state index in [1.807, 2.05) is 42.5 Å². The molecule has 0 saturated carbocycles. The maximum absolute atomic E-state index is 16.2. The number of carbonyl (C=O) groups excluding carboxylic acids is 1. The maximum Gasteiger partial charge on any atom is 0.236 e. The Kier molecular flexibility index (Phi) is 4.88. The molecule has 0 radical (unpaired) electrons. The second-order valence-corrected chi connectivity index (χ2v) is 10.5. The van der Waals surface area contributed by atoms with E-state index in [2.05, 4.69) is 30.1 Å². The van der Waals surface area contributed by atoms with E-state index in [0.29, 0.717) is 43.6 Å². The minimum absolute atomic E-state index is 0.103. The Morgan fingerprint density at radius 2 is 1.80 bits per heavy atom. The predicted molar refractivity (Wildman–Crippen MR) is 152 cm³/mol. The number of nitrogens with zero attached hydrogens (tertiary/aromatic N) is 6. The van der Waals surface area contributed by atoms with Crippen molar-refractivity contribution < 1.29 is 9.18 Å². The van der Waals surface area contributed by atoms with Crippen LogP contribution in [0.2, 0.25) is 0 Å². The standard InChI is InChI=1S/C29H17FN8OS/c30-25-24-19-14-33-26(25)16-9-17(11-31-10-16)38(22(39)8-15-4-2-1-3-5-15)23-7-6-21(40-23)18-12-32-13-20-27(18)35-29(34-20)28(24)37-36-19/h1-7,9-14,36-37H,8H2. The van der Waals surface area contributed by atoms with E-state index < -0.39 is 5.82 Å². The van der Waals surface area contributed by atoms with E-state index in [-0.39, 0.29) is 23.4 Å². The van der Waals surface area contributed by atoms with Crippen molar-refractivity contribution in [2.24, 2.45) is 0 Å². The first-order chi connectivity index (χ1) is 19.6. The third kappa shape index (κ3) is 3.45. The van der Waals surface area contributed by atoms with Crippen LogP contribution in [0.5, 0.6) is 0 Å². The summed E-state index contributed by atoms with van der Waals surface area (Å²) in [5, 5.41) is 7.19. The van der Waals surface area contributed by atoms with Gasteiger partial charge in [0.05, 0.1) is 41.6 Å². The molecule has 192 valence electrons. The fourth-order valence-electron chi connectivity index (χ4n) is 5.08. The summed E-state index contributed by atoms with van der Waals surface area (Å²) in [4.78, 5) is 37.2. The lowest BCUT2D eigenvalue weighted by atomic mass is 10.1. The number of imidazole rings is 1. The number of hydrogen-bond acceptors (Lipinski definition) is 7. The first-order valence-corrected chi connectivity index (χ1v) is 13.2. The Morgan fingerprint density at radius 1 is 0.925 bits per heavy atom. The van der Waals surface area contributed by atoms with E-state index in [9.17, 15) is 4.79 Å². The third-order valence-electron chi connectivity index (χ3n) is 6.94. The highest BCUT2D eigenvalue weighted by Crippen LogP contribution is 2.34. The van der Waals surface area contributed by atoms with Gasteiger partial charge in [-0.15, -0.1) is 11.3 Å². The van der Waals surface area contributed by atoms with Crippen LogP contribution in [0.1, 0.15) is 10.4 Å². The molecule has 2 aliphatic heterocycles. The van der Waals surface area contributed by atoms with E-state index in [4.69, 9.17) is 4.98 Å². The molecule has 11 heteroatoms. The summed E-state index contributed by atoms with van der Waals surface area (Å²) in [5.74, 6) is -0.702. The molecule has 8 bridgehead atoms. The zero-order valence-corrected chi connectivity index (χ0v) is 21.4. The van der Waals surface area contributed by atoms with Crippen LogP contribution in [0.15, 0.2) is 79.5 Å². The van der Waals surface area contributed by atoms with Crippen LogP contribution in [0.3, 0.4) is 0 Å². The van der Waals surface area contributed by atoms with Crippen LogP contribution in [0, 0.1) is 5.82 Å². The number of halogens is 1. The first-order valence-electron chi connectivity index (χ1n) is 12.4. The number of fused-ring (bicyclic) bond motifs is 9. The van der Waals surface area contributed by atoms with Gasteiger partial charge in [0.1, 0.15) is 27.1 Å². The lowest BCUT2D eigenvalue weighted by molar-refractivity contribution is 0.0924. The molecule has 2 N–H and O–H groups in total. The van der Waals surface area contributed by atoms with Crippen molar-refractivity contribution in [2.45, 2.75) is 6.42 Å². The van der Waals surface area contributed by atoms with Gasteiger partial charge in [0.2, 0.25) is 5.91 Å². The second-order valence-electron chi connectivity index (χ2n) is 9.40. The van der Waals surface area contributed by atoms with Gasteiger partial charge in [0, 0.05) is 27.9 Å². The number of rotatable bonds is 2. The van der Waals surface area contributed by atoms with E-state index in [0.717, 1.165) is 15.6 Å². The van der Waals surface area contributed by atoms with Gasteiger partial charge < -0.3 is 0 Å². The lowest BCUT2D eigenvalue weighted by Gasteiger charge is -2.08. The SMILES string of the molecule is O=C(Cc1ccccc1)n1c2cncc(c2)c2ncc3[nH][nH]c(c4nc5cncc(c6ccc1s6)c5n4)-c3c2F. The highest BCUT2D eigenvalue weighted by atomic mass is 32.1. The molecule has 0 saturated heterocycles. The minimum atomic E-state index is -0.550. The van der Waals surface area contributed by atoms with E-state index in [1.165, 1.54) is 11.3 Å². The molecular formula is C29H17FN8OS. The molecule has 40 heavy (non-hydrogen) atoms. The van der Waals surface area contributed by atoms with Crippen molar-refractivity contribution in [3.05, 3.63) is 90.9 Å². The molecule has 0 aliphatic carbocycles. The number of aromatic nitrogens is 8. The molecule has 0 atom stereocenters. The summed E-state index contributed by atoms with van der Waals surface area (Å²) in [6.45, 7) is 0. The summed E-state index contributed by atoms with van der Waals surface area (Å²) in [7, 11) is 0. The Labute approximate surface area is 228 Å². The normalized spacial score (nSPS) is 11.8. The molecule has 8 rings (SSSR count). The van der Waals surface area contributed by atoms with Crippen LogP contribution in [-0.4, -0.2) is 45.6 Å². The Morgan fingerprint density at radius 3 is 2.70 bits per heavy atom. The number of benzene rings is 1. The molecule has 0 unspecified atom stereocenters. The average Bonchev–Trinajstić information content (AvgIpc) is 3.72. The molecule has 0 spiro atoms. The number of nitrogens with one attached hydrogen (secondary N) is 2. The largest absolute Gasteiger partial charge is 0.298 e. The minimum Gasteiger partial charge on any atom is -0.298 e. The van der Waals surface area contributed by atoms with Crippen molar-refractivity contribution >= 4 is 70.8 Å². The van der Waals surface area contributed by atoms with Crippen molar-refractivity contribution in [1.29, 1.82) is 0 Å². The Balaban J connectivity index is 1.54. The van der Waals surface area contributed by atoms with Gasteiger partial charge in [0.25, 0.3) is 0 Å². The Hall–Kier alpha value is -5.29. The number of H-pyrrole nitrogens is 2. The number of hydrogen-bond donors (Lipinski definition) is 2. The van der Waals surface area contributed by atoms with E-state index in [1.54, 1.807) is 41.6 Å². The fourth-order valence-corrected chi connectivity index (χ4v) is 6.14. The highest BCUT2D eigenvalue weighted by Gasteiger charge is 2.21. The second kappa shape index (κ2) is 8.61. The zero-order chi connectivity index (χ0) is 26.8. The van der Waals surface area contributed by atoms with Gasteiger partial charge in [-0.1, -0.05) is 30.3 Å². The van der Waals surface area contributed by atoms with E-state index >= 15 is 4.39 Å². The monoisotopic (exact) mass is 544 g/mol. The van der Waals surface area contributed by atoms with Crippen LogP contribution in [0.25, 0.3) is 64.8 Å². The quantitative estimate of drug-likeness (QED) is 0.268. The van der Waals surface area contributed by atoms with Gasteiger partial charge in [-0.2, -0.15) is 0 Å². The summed E-state index contributed by atoms with van der Waals surface area (Å²) in [5.41, 5.74) is 4.21. The molecule has 6 aromatic rings. The number of carbonyl (C=O) groups is 1. The highest BCUT2D eigenvalue weighted by molar-refractivity contribution is 7.24. The van der Waals surface area contributed by atoms with Gasteiger partial charge in [-0.05, 0) is 23.8 Å². The van der Waals surface area contributed by atoms with Crippen LogP contribution in [-0.2, 0) is 6.42 Å². The van der Waals surface area contributed by atoms with Gasteiger partial charge in [0.15, 0.2) is 11.5 Å². The number of aromatic amines is 2. The fraction of sp³-hybridized carbons (Fsp3) is 0.0345. The van der Waals surface area contributed by atoms with Crippen LogP contribution in [0.4, 0.5) is 4.39 Å². The third-order valence-corrected chi connectivity index (χ3v) is 8.04. The van der Waals surface area contributed by atoms with Crippen molar-refractivity contribution in [3.63, 3.8) is 0 Å². The zero-order valence-electron chi connectivity index (χ0n) is 20.6. The number of thiophene rings is 1. The average molecular weight is 545 g/mol. The Bertz CT molecular complexity index is 2300. The summed E-state index contributed by atoms with van der Waals surface area (Å²) >= 11 is 1.43. The molecule has 5 aromatic heterocycles. The first kappa shape index (κ1) is 22.7. The summed E-state index contributed by atoms with van der Waals surface area (Å²) in [6.07, 6.45) is 8.24. The molecule has 7 heterocycles. The van der Waals surface area contributed by atoms with Gasteiger partial charge in [-0.25, -0.2) is 14.4 Å². The van der Waals surface area contributed by atoms with Gasteiger partial charge >= 0.3 is 0 Å². The summed E-state index contributed by atoms with van der Waals surface area (Å²) < 4.78 is 18.7. The van der Waals surface area contributed by atoms with Crippen molar-refractivity contribution in [1.82, 2.24) is 39.7 Å². The molecular weight excluding hydrogens is 527 g/mol. The lowest BCUT2D eigenvalue weighted by Crippen LogP contribution is -2.14. The molecule has 9 nitrogen and oxygen atoms in total. The van der Waals surface area contributed by atoms with Gasteiger partial charge in [-0.3, -0.25) is 34.5 Å². The smallest absolute Gasteiger partial charge is 0.236 e. The van der Waals surface area contributed by atoms with Crippen LogP contribution < -0.4 is 0 Å². The maximum atomic E-state index is 16.2. The number of pyridine rings is 3. The summed E-state index contributed by atoms with van der Waals surface area (Å²) in [6, 6.07) is 15.1. The van der Waals surface area contributed by atoms with Crippen molar-refractivity contribution in [2.75, 3.05) is 0 Å². The molecule has 1 aromatic carbocycles.